The molecule has 0 N–H and O–H groups in total. The number of hydrogen-bond donors (Lipinski definition) is 0. The Morgan fingerprint density at radius 1 is 1.15 bits per heavy atom. The Hall–Kier alpha value is -0.780. The summed E-state index contributed by atoms with van der Waals surface area (Å²) >= 11 is 0. The van der Waals surface area contributed by atoms with E-state index in [1.165, 1.54) is 5.57 Å². The van der Waals surface area contributed by atoms with Crippen molar-refractivity contribution >= 4 is 0 Å². The van der Waals surface area contributed by atoms with Gasteiger partial charge < -0.3 is 0 Å². The van der Waals surface area contributed by atoms with E-state index in [9.17, 15) is 0 Å². The minimum Gasteiger partial charge on any atom is -0.0874 e. The van der Waals surface area contributed by atoms with Crippen LogP contribution in [-0.2, 0) is 0 Å². The zero-order valence-electron chi connectivity index (χ0n) is 9.80. The molecular weight excluding hydrogens is 156 g/mol. The molecule has 0 aliphatic heterocycles. The summed E-state index contributed by atoms with van der Waals surface area (Å²) in [5, 5.41) is 0. The molecule has 0 aromatic heterocycles. The smallest absolute Gasteiger partial charge is 0.0308 e. The number of hydrogen-bond acceptors (Lipinski definition) is 0. The lowest BCUT2D eigenvalue weighted by molar-refractivity contribution is 1.14. The predicted molar refractivity (Wildman–Crippen MR) is 64.0 cm³/mol. The first-order chi connectivity index (χ1) is 6.35. The van der Waals surface area contributed by atoms with Crippen LogP contribution in [0.3, 0.4) is 0 Å². The van der Waals surface area contributed by atoms with Gasteiger partial charge in [0.05, 0.1) is 0 Å². The summed E-state index contributed by atoms with van der Waals surface area (Å²) in [5.41, 5.74) is 1.39. The lowest BCUT2D eigenvalue weighted by Gasteiger charge is -1.91. The van der Waals surface area contributed by atoms with Crippen molar-refractivity contribution in [3.05, 3.63) is 36.0 Å². The highest BCUT2D eigenvalue weighted by molar-refractivity contribution is 5.22. The second-order valence-corrected chi connectivity index (χ2v) is 2.43. The molecule has 76 valence electrons. The fourth-order valence-electron chi connectivity index (χ4n) is 0.833. The van der Waals surface area contributed by atoms with Gasteiger partial charge in [-0.1, -0.05) is 58.1 Å². The molecule has 0 aliphatic carbocycles. The maximum Gasteiger partial charge on any atom is -0.0308 e. The Morgan fingerprint density at radius 2 is 1.77 bits per heavy atom. The molecule has 0 aromatic carbocycles. The van der Waals surface area contributed by atoms with Gasteiger partial charge in [-0.15, -0.1) is 0 Å². The molecule has 0 bridgehead atoms. The average molecular weight is 180 g/mol. The third-order valence-electron chi connectivity index (χ3n) is 1.47. The highest BCUT2D eigenvalue weighted by atomic mass is 13.9. The number of rotatable bonds is 4. The van der Waals surface area contributed by atoms with Gasteiger partial charge in [-0.3, -0.25) is 0 Å². The second-order valence-electron chi connectivity index (χ2n) is 2.43. The fourth-order valence-corrected chi connectivity index (χ4v) is 0.833. The SMILES string of the molecule is CC.C\C=C/C(=C\C=C\CC)CC. The summed E-state index contributed by atoms with van der Waals surface area (Å²) in [4.78, 5) is 0. The highest BCUT2D eigenvalue weighted by Crippen LogP contribution is 2.02. The summed E-state index contributed by atoms with van der Waals surface area (Å²) in [5.74, 6) is 0. The minimum atomic E-state index is 1.11. The van der Waals surface area contributed by atoms with E-state index in [-0.39, 0.29) is 0 Å². The van der Waals surface area contributed by atoms with Crippen molar-refractivity contribution in [3.8, 4) is 0 Å². The van der Waals surface area contributed by atoms with Crippen LogP contribution in [0, 0.1) is 0 Å². The molecule has 0 rings (SSSR count). The molecule has 0 nitrogen and oxygen atoms in total. The lowest BCUT2D eigenvalue weighted by atomic mass is 10.2. The van der Waals surface area contributed by atoms with Gasteiger partial charge in [-0.25, -0.2) is 0 Å². The van der Waals surface area contributed by atoms with Crippen LogP contribution in [0.1, 0.15) is 47.5 Å². The maximum absolute atomic E-state index is 2.17. The zero-order valence-corrected chi connectivity index (χ0v) is 9.80. The third-order valence-corrected chi connectivity index (χ3v) is 1.47. The molecule has 0 radical (unpaired) electrons. The Labute approximate surface area is 84.1 Å². The second kappa shape index (κ2) is 13.8. The van der Waals surface area contributed by atoms with Crippen LogP contribution in [0.15, 0.2) is 36.0 Å². The van der Waals surface area contributed by atoms with Crippen molar-refractivity contribution in [2.24, 2.45) is 0 Å². The molecule has 0 spiro atoms. The highest BCUT2D eigenvalue weighted by Gasteiger charge is 1.81. The summed E-state index contributed by atoms with van der Waals surface area (Å²) < 4.78 is 0. The first-order valence-electron chi connectivity index (χ1n) is 5.33. The van der Waals surface area contributed by atoms with E-state index >= 15 is 0 Å². The van der Waals surface area contributed by atoms with Crippen LogP contribution in [0.25, 0.3) is 0 Å². The normalized spacial score (nSPS) is 11.9. The molecule has 0 unspecified atom stereocenters. The van der Waals surface area contributed by atoms with Crippen LogP contribution in [0.2, 0.25) is 0 Å². The summed E-state index contributed by atoms with van der Waals surface area (Å²) in [6.45, 7) is 10.4. The minimum absolute atomic E-state index is 1.11. The molecule has 0 atom stereocenters. The average Bonchev–Trinajstić information content (AvgIpc) is 2.20. The van der Waals surface area contributed by atoms with Crippen molar-refractivity contribution < 1.29 is 0 Å². The zero-order chi connectivity index (χ0) is 10.5. The van der Waals surface area contributed by atoms with E-state index < -0.39 is 0 Å². The van der Waals surface area contributed by atoms with Gasteiger partial charge in [0.25, 0.3) is 0 Å². The van der Waals surface area contributed by atoms with Gasteiger partial charge in [0, 0.05) is 0 Å². The Kier molecular flexibility index (Phi) is 15.6. The monoisotopic (exact) mass is 180 g/mol. The standard InChI is InChI=1S/C11H18.C2H6/c1-4-7-8-10-11(6-3)9-5-2;1-2/h5,7-10H,4,6H2,1-3H3;1-2H3/b8-7+,9-5-,11-10-;. The molecule has 0 fully saturated rings. The first-order valence-corrected chi connectivity index (χ1v) is 5.33. The molecule has 13 heavy (non-hydrogen) atoms. The molecule has 0 aliphatic rings. The van der Waals surface area contributed by atoms with Gasteiger partial charge in [0.2, 0.25) is 0 Å². The van der Waals surface area contributed by atoms with E-state index in [0.717, 1.165) is 12.8 Å². The predicted octanol–water partition coefficient (Wildman–Crippen LogP) is 4.89. The molecule has 0 heteroatoms. The summed E-state index contributed by atoms with van der Waals surface area (Å²) in [7, 11) is 0. The van der Waals surface area contributed by atoms with E-state index in [2.05, 4.69) is 44.2 Å². The third kappa shape index (κ3) is 11.2. The van der Waals surface area contributed by atoms with Crippen LogP contribution < -0.4 is 0 Å². The van der Waals surface area contributed by atoms with E-state index in [0.29, 0.717) is 0 Å². The molecule has 0 saturated carbocycles. The number of allylic oxidation sites excluding steroid dienone is 6. The van der Waals surface area contributed by atoms with E-state index in [1.807, 2.05) is 20.8 Å². The molecule has 0 saturated heterocycles. The van der Waals surface area contributed by atoms with Gasteiger partial charge in [-0.2, -0.15) is 0 Å². The lowest BCUT2D eigenvalue weighted by Crippen LogP contribution is -1.71. The van der Waals surface area contributed by atoms with Crippen molar-refractivity contribution in [1.29, 1.82) is 0 Å². The van der Waals surface area contributed by atoms with Crippen molar-refractivity contribution in [2.75, 3.05) is 0 Å². The van der Waals surface area contributed by atoms with Gasteiger partial charge in [-0.05, 0) is 25.3 Å². The molecule has 0 heterocycles. The fraction of sp³-hybridized carbons (Fsp3) is 0.538. The van der Waals surface area contributed by atoms with Gasteiger partial charge in [0.1, 0.15) is 0 Å². The van der Waals surface area contributed by atoms with Crippen LogP contribution in [0.5, 0.6) is 0 Å². The topological polar surface area (TPSA) is 0 Å². The largest absolute Gasteiger partial charge is 0.0874 e. The van der Waals surface area contributed by atoms with Crippen molar-refractivity contribution in [2.45, 2.75) is 47.5 Å². The molecule has 0 amide bonds. The molecule has 0 aromatic rings. The quantitative estimate of drug-likeness (QED) is 0.540. The van der Waals surface area contributed by atoms with Crippen molar-refractivity contribution in [1.82, 2.24) is 0 Å². The van der Waals surface area contributed by atoms with Crippen LogP contribution >= 0.6 is 0 Å². The van der Waals surface area contributed by atoms with Gasteiger partial charge in [0.15, 0.2) is 0 Å². The molecular formula is C13H24. The van der Waals surface area contributed by atoms with E-state index in [4.69, 9.17) is 0 Å². The maximum atomic E-state index is 2.17. The van der Waals surface area contributed by atoms with E-state index in [1.54, 1.807) is 0 Å². The Morgan fingerprint density at radius 3 is 2.15 bits per heavy atom. The van der Waals surface area contributed by atoms with Crippen molar-refractivity contribution in [3.63, 3.8) is 0 Å². The Balaban J connectivity index is 0. The summed E-state index contributed by atoms with van der Waals surface area (Å²) in [6.07, 6.45) is 12.9. The Bertz CT molecular complexity index is 159. The van der Waals surface area contributed by atoms with Crippen LogP contribution in [0.4, 0.5) is 0 Å². The first kappa shape index (κ1) is 14.7. The summed E-state index contributed by atoms with van der Waals surface area (Å²) in [6, 6.07) is 0. The van der Waals surface area contributed by atoms with Gasteiger partial charge >= 0.3 is 0 Å². The van der Waals surface area contributed by atoms with Crippen LogP contribution in [-0.4, -0.2) is 0 Å².